The Labute approximate surface area is 167 Å². The zero-order chi connectivity index (χ0) is 21.9. The Bertz CT molecular complexity index is 896. The standard InChI is InChI=1S/C17H19F6N7/c1-14(18,19)11-7-25-6-10(27-11)12-28-13(26-9-4-16(22,23)5-9)30-17(24,29-12)8-2-15(20,21)3-8/h6-9H,2-5,24H2,1H3,(H2,26,28,29,30). The summed E-state index contributed by atoms with van der Waals surface area (Å²) in [5.41, 5.74) is 5.48. The first-order valence-electron chi connectivity index (χ1n) is 9.23. The second-order valence-corrected chi connectivity index (χ2v) is 8.07. The fourth-order valence-electron chi connectivity index (χ4n) is 3.52. The van der Waals surface area contributed by atoms with Crippen molar-refractivity contribution < 1.29 is 26.3 Å². The molecule has 4 rings (SSSR count). The van der Waals surface area contributed by atoms with Gasteiger partial charge in [0.1, 0.15) is 11.4 Å². The summed E-state index contributed by atoms with van der Waals surface area (Å²) in [6.07, 6.45) is 0.0171. The average Bonchev–Trinajstić information content (AvgIpc) is 2.57. The van der Waals surface area contributed by atoms with Gasteiger partial charge in [-0.05, 0) is 0 Å². The van der Waals surface area contributed by atoms with E-state index in [1.807, 2.05) is 0 Å². The van der Waals surface area contributed by atoms with E-state index in [0.29, 0.717) is 6.92 Å². The minimum atomic E-state index is -3.28. The second kappa shape index (κ2) is 6.53. The van der Waals surface area contributed by atoms with Crippen molar-refractivity contribution in [1.82, 2.24) is 20.6 Å². The van der Waals surface area contributed by atoms with E-state index in [1.165, 1.54) is 0 Å². The van der Waals surface area contributed by atoms with E-state index >= 15 is 0 Å². The van der Waals surface area contributed by atoms with Crippen LogP contribution in [0.2, 0.25) is 0 Å². The maximum Gasteiger partial charge on any atom is 0.288 e. The second-order valence-electron chi connectivity index (χ2n) is 8.07. The first-order chi connectivity index (χ1) is 13.7. The molecular weight excluding hydrogens is 416 g/mol. The summed E-state index contributed by atoms with van der Waals surface area (Å²) in [5, 5.41) is 5.38. The Morgan fingerprint density at radius 2 is 1.73 bits per heavy atom. The summed E-state index contributed by atoms with van der Waals surface area (Å²) >= 11 is 0. The summed E-state index contributed by atoms with van der Waals surface area (Å²) in [4.78, 5) is 15.9. The number of alkyl halides is 6. The highest BCUT2D eigenvalue weighted by atomic mass is 19.3. The number of halogens is 6. The third-order valence-corrected chi connectivity index (χ3v) is 5.27. The Kier molecular flexibility index (Phi) is 4.53. The van der Waals surface area contributed by atoms with Gasteiger partial charge >= 0.3 is 0 Å². The molecule has 164 valence electrons. The van der Waals surface area contributed by atoms with E-state index in [-0.39, 0.29) is 17.5 Å². The molecule has 0 spiro atoms. The van der Waals surface area contributed by atoms with Crippen molar-refractivity contribution in [3.8, 4) is 0 Å². The minimum Gasteiger partial charge on any atom is -0.319 e. The average molecular weight is 435 g/mol. The lowest BCUT2D eigenvalue weighted by atomic mass is 9.76. The van der Waals surface area contributed by atoms with Crippen LogP contribution in [0, 0.1) is 5.92 Å². The van der Waals surface area contributed by atoms with Gasteiger partial charge in [0.05, 0.1) is 18.4 Å². The Morgan fingerprint density at radius 1 is 1.10 bits per heavy atom. The van der Waals surface area contributed by atoms with Gasteiger partial charge in [-0.1, -0.05) is 0 Å². The number of aromatic nitrogens is 2. The molecule has 2 aliphatic carbocycles. The van der Waals surface area contributed by atoms with Crippen molar-refractivity contribution in [2.24, 2.45) is 21.6 Å². The van der Waals surface area contributed by atoms with Crippen LogP contribution in [0.15, 0.2) is 22.4 Å². The van der Waals surface area contributed by atoms with E-state index in [9.17, 15) is 26.3 Å². The normalized spacial score (nSPS) is 30.0. The molecule has 0 bridgehead atoms. The van der Waals surface area contributed by atoms with E-state index in [4.69, 9.17) is 5.73 Å². The highest BCUT2D eigenvalue weighted by molar-refractivity contribution is 6.09. The molecule has 7 nitrogen and oxygen atoms in total. The number of hydrogen-bond donors (Lipinski definition) is 3. The van der Waals surface area contributed by atoms with Gasteiger partial charge < -0.3 is 10.6 Å². The quantitative estimate of drug-likeness (QED) is 0.631. The number of rotatable bonds is 4. The van der Waals surface area contributed by atoms with Crippen LogP contribution < -0.4 is 16.4 Å². The molecule has 2 saturated carbocycles. The minimum absolute atomic E-state index is 0.0614. The topological polar surface area (TPSA) is 101 Å². The maximum absolute atomic E-state index is 13.6. The first-order valence-corrected chi connectivity index (χ1v) is 9.23. The molecule has 1 aromatic rings. The molecule has 4 N–H and O–H groups in total. The molecule has 0 radical (unpaired) electrons. The van der Waals surface area contributed by atoms with Crippen LogP contribution in [0.3, 0.4) is 0 Å². The van der Waals surface area contributed by atoms with Crippen molar-refractivity contribution in [3.05, 3.63) is 23.8 Å². The number of nitrogens with one attached hydrogen (secondary N) is 2. The number of nitrogens with zero attached hydrogens (tertiary/aromatic N) is 4. The molecule has 2 fully saturated rings. The highest BCUT2D eigenvalue weighted by Crippen LogP contribution is 2.47. The van der Waals surface area contributed by atoms with Crippen LogP contribution in [0.1, 0.15) is 44.0 Å². The zero-order valence-corrected chi connectivity index (χ0v) is 15.8. The maximum atomic E-state index is 13.6. The lowest BCUT2D eigenvalue weighted by Gasteiger charge is -2.46. The lowest BCUT2D eigenvalue weighted by Crippen LogP contribution is -2.70. The molecule has 0 aromatic carbocycles. The van der Waals surface area contributed by atoms with Crippen molar-refractivity contribution in [2.45, 2.75) is 62.2 Å². The summed E-state index contributed by atoms with van der Waals surface area (Å²) in [7, 11) is 0. The number of guanidine groups is 1. The molecule has 0 saturated heterocycles. The molecule has 3 aliphatic rings. The number of amidine groups is 1. The summed E-state index contributed by atoms with van der Waals surface area (Å²) in [5.74, 6) is -11.7. The van der Waals surface area contributed by atoms with E-state index < -0.39 is 66.9 Å². The van der Waals surface area contributed by atoms with E-state index in [0.717, 1.165) is 12.4 Å². The number of aliphatic imine (C=N–C) groups is 2. The van der Waals surface area contributed by atoms with Crippen LogP contribution >= 0.6 is 0 Å². The lowest BCUT2D eigenvalue weighted by molar-refractivity contribution is -0.132. The van der Waals surface area contributed by atoms with Crippen molar-refractivity contribution in [3.63, 3.8) is 0 Å². The smallest absolute Gasteiger partial charge is 0.288 e. The third kappa shape index (κ3) is 4.07. The Balaban J connectivity index is 1.66. The van der Waals surface area contributed by atoms with E-state index in [1.54, 1.807) is 0 Å². The van der Waals surface area contributed by atoms with E-state index in [2.05, 4.69) is 30.6 Å². The van der Waals surface area contributed by atoms with Crippen molar-refractivity contribution in [1.29, 1.82) is 0 Å². The zero-order valence-electron chi connectivity index (χ0n) is 15.8. The largest absolute Gasteiger partial charge is 0.319 e. The number of nitrogens with two attached hydrogens (primary N) is 1. The van der Waals surface area contributed by atoms with Gasteiger partial charge in [0, 0.05) is 38.5 Å². The van der Waals surface area contributed by atoms with Crippen LogP contribution in [-0.4, -0.2) is 45.4 Å². The van der Waals surface area contributed by atoms with Crippen LogP contribution in [0.25, 0.3) is 0 Å². The summed E-state index contributed by atoms with van der Waals surface area (Å²) in [6, 6.07) is -0.709. The van der Waals surface area contributed by atoms with Gasteiger partial charge in [-0.3, -0.25) is 10.7 Å². The van der Waals surface area contributed by atoms with Gasteiger partial charge in [-0.15, -0.1) is 0 Å². The van der Waals surface area contributed by atoms with Crippen molar-refractivity contribution >= 4 is 11.8 Å². The molecule has 30 heavy (non-hydrogen) atoms. The summed E-state index contributed by atoms with van der Waals surface area (Å²) < 4.78 is 80.3. The first kappa shape index (κ1) is 20.8. The van der Waals surface area contributed by atoms with Crippen LogP contribution in [-0.2, 0) is 5.92 Å². The predicted molar refractivity (Wildman–Crippen MR) is 94.4 cm³/mol. The monoisotopic (exact) mass is 435 g/mol. The van der Waals surface area contributed by atoms with Crippen LogP contribution in [0.5, 0.6) is 0 Å². The summed E-state index contributed by atoms with van der Waals surface area (Å²) in [6.45, 7) is 0.645. The fraction of sp³-hybridized carbons (Fsp3) is 0.647. The molecule has 2 heterocycles. The third-order valence-electron chi connectivity index (χ3n) is 5.27. The molecular formula is C17H19F6N7. The van der Waals surface area contributed by atoms with Gasteiger partial charge in [0.25, 0.3) is 11.8 Å². The Morgan fingerprint density at radius 3 is 2.30 bits per heavy atom. The fourth-order valence-corrected chi connectivity index (χ4v) is 3.52. The molecule has 1 atom stereocenters. The van der Waals surface area contributed by atoms with Gasteiger partial charge in [0.15, 0.2) is 17.6 Å². The molecule has 1 aromatic heterocycles. The highest BCUT2D eigenvalue weighted by Gasteiger charge is 2.55. The van der Waals surface area contributed by atoms with Crippen LogP contribution in [0.4, 0.5) is 26.3 Å². The molecule has 1 aliphatic heterocycles. The molecule has 13 heteroatoms. The van der Waals surface area contributed by atoms with Gasteiger partial charge in [0.2, 0.25) is 5.92 Å². The Hall–Kier alpha value is -2.44. The van der Waals surface area contributed by atoms with Gasteiger partial charge in [-0.2, -0.15) is 8.78 Å². The molecule has 0 amide bonds. The predicted octanol–water partition coefficient (Wildman–Crippen LogP) is 2.34. The number of hydrogen-bond acceptors (Lipinski definition) is 5. The molecule has 1 unspecified atom stereocenters. The van der Waals surface area contributed by atoms with Gasteiger partial charge in [-0.25, -0.2) is 32.5 Å². The van der Waals surface area contributed by atoms with Crippen molar-refractivity contribution in [2.75, 3.05) is 0 Å². The SMILES string of the molecule is CC(F)(F)c1cncc(C2=NC(N)(C3CC(F)(F)C3)NC(=NC3CC(F)(F)C3)N2)n1.